The van der Waals surface area contributed by atoms with Crippen LogP contribution in [0.5, 0.6) is 5.75 Å². The maximum absolute atomic E-state index is 12.1. The summed E-state index contributed by atoms with van der Waals surface area (Å²) in [6, 6.07) is 15.1. The topological polar surface area (TPSA) is 79.8 Å². The van der Waals surface area contributed by atoms with Crippen LogP contribution in [0.15, 0.2) is 64.6 Å². The van der Waals surface area contributed by atoms with Gasteiger partial charge in [-0.2, -0.15) is 5.10 Å². The van der Waals surface area contributed by atoms with Gasteiger partial charge in [-0.25, -0.2) is 5.43 Å². The van der Waals surface area contributed by atoms with E-state index in [9.17, 15) is 9.59 Å². The van der Waals surface area contributed by atoms with E-state index < -0.39 is 5.25 Å². The van der Waals surface area contributed by atoms with Gasteiger partial charge < -0.3 is 10.1 Å². The van der Waals surface area contributed by atoms with Crippen LogP contribution in [0.2, 0.25) is 0 Å². The number of methoxy groups -OCH3 is 1. The fraction of sp³-hybridized carbons (Fsp3) is 0.150. The van der Waals surface area contributed by atoms with Gasteiger partial charge in [0.15, 0.2) is 0 Å². The Balaban J connectivity index is 1.50. The number of nitrogens with one attached hydrogen (secondary N) is 2. The fourth-order valence-electron chi connectivity index (χ4n) is 2.54. The molecule has 2 amide bonds. The van der Waals surface area contributed by atoms with E-state index in [1.807, 2.05) is 54.6 Å². The van der Waals surface area contributed by atoms with E-state index in [0.29, 0.717) is 0 Å². The molecule has 2 aromatic rings. The van der Waals surface area contributed by atoms with Crippen molar-refractivity contribution < 1.29 is 14.3 Å². The predicted molar refractivity (Wildman–Crippen MR) is 108 cm³/mol. The number of anilines is 1. The number of carbonyl (C=O) groups is 2. The van der Waals surface area contributed by atoms with Crippen LogP contribution in [0, 0.1) is 0 Å². The van der Waals surface area contributed by atoms with Crippen molar-refractivity contribution in [2.24, 2.45) is 5.10 Å². The molecule has 0 bridgehead atoms. The van der Waals surface area contributed by atoms with Gasteiger partial charge >= 0.3 is 0 Å². The minimum absolute atomic E-state index is 0.0540. The highest BCUT2D eigenvalue weighted by molar-refractivity contribution is 8.01. The second-order valence-electron chi connectivity index (χ2n) is 5.71. The van der Waals surface area contributed by atoms with Crippen LogP contribution in [-0.4, -0.2) is 30.4 Å². The zero-order chi connectivity index (χ0) is 19.1. The SMILES string of the molecule is COc1ccccc1/C=C/C=N\NC(=O)C[C@H]1Sc2ccccc2NC1=O. The summed E-state index contributed by atoms with van der Waals surface area (Å²) < 4.78 is 5.25. The first-order valence-electron chi connectivity index (χ1n) is 8.35. The summed E-state index contributed by atoms with van der Waals surface area (Å²) in [7, 11) is 1.61. The molecule has 1 atom stereocenters. The third-order valence-electron chi connectivity index (χ3n) is 3.84. The molecule has 3 rings (SSSR count). The highest BCUT2D eigenvalue weighted by Gasteiger charge is 2.28. The lowest BCUT2D eigenvalue weighted by molar-refractivity contribution is -0.124. The zero-order valence-electron chi connectivity index (χ0n) is 14.7. The molecule has 0 saturated carbocycles. The van der Waals surface area contributed by atoms with Gasteiger partial charge in [0.25, 0.3) is 0 Å². The number of hydrogen-bond donors (Lipinski definition) is 2. The Morgan fingerprint density at radius 3 is 2.89 bits per heavy atom. The van der Waals surface area contributed by atoms with Gasteiger partial charge in [-0.15, -0.1) is 11.8 Å². The minimum Gasteiger partial charge on any atom is -0.496 e. The summed E-state index contributed by atoms with van der Waals surface area (Å²) in [6.45, 7) is 0. The minimum atomic E-state index is -0.473. The number of amides is 2. The summed E-state index contributed by atoms with van der Waals surface area (Å²) in [6.07, 6.45) is 5.07. The van der Waals surface area contributed by atoms with E-state index in [4.69, 9.17) is 4.74 Å². The third-order valence-corrected chi connectivity index (χ3v) is 5.12. The molecule has 0 spiro atoms. The molecule has 0 saturated heterocycles. The van der Waals surface area contributed by atoms with E-state index in [2.05, 4.69) is 15.8 Å². The van der Waals surface area contributed by atoms with Crippen molar-refractivity contribution in [3.63, 3.8) is 0 Å². The Kier molecular flexibility index (Phi) is 6.27. The van der Waals surface area contributed by atoms with E-state index in [-0.39, 0.29) is 18.2 Å². The maximum atomic E-state index is 12.1. The van der Waals surface area contributed by atoms with Crippen LogP contribution in [0.3, 0.4) is 0 Å². The molecule has 0 radical (unpaired) electrons. The second kappa shape index (κ2) is 9.05. The van der Waals surface area contributed by atoms with Crippen LogP contribution < -0.4 is 15.5 Å². The van der Waals surface area contributed by atoms with Crippen molar-refractivity contribution in [3.8, 4) is 5.75 Å². The van der Waals surface area contributed by atoms with Gasteiger partial charge in [0.1, 0.15) is 5.75 Å². The predicted octanol–water partition coefficient (Wildman–Crippen LogP) is 3.31. The van der Waals surface area contributed by atoms with Gasteiger partial charge in [0.2, 0.25) is 11.8 Å². The number of thioether (sulfide) groups is 1. The average Bonchev–Trinajstić information content (AvgIpc) is 2.68. The lowest BCUT2D eigenvalue weighted by atomic mass is 10.2. The number of allylic oxidation sites excluding steroid dienone is 1. The van der Waals surface area contributed by atoms with Crippen molar-refractivity contribution in [1.82, 2.24) is 5.43 Å². The standard InChI is InChI=1S/C20H19N3O3S/c1-26-16-10-4-2-7-14(16)8-6-12-21-23-19(24)13-18-20(25)22-15-9-3-5-11-17(15)27-18/h2-12,18H,13H2,1H3,(H,22,25)(H,23,24)/b8-6+,21-12-/t18-/m1/s1. The van der Waals surface area contributed by atoms with Crippen LogP contribution in [0.25, 0.3) is 6.08 Å². The molecule has 1 heterocycles. The molecule has 138 valence electrons. The van der Waals surface area contributed by atoms with Crippen molar-refractivity contribution in [2.45, 2.75) is 16.6 Å². The zero-order valence-corrected chi connectivity index (χ0v) is 15.5. The Morgan fingerprint density at radius 2 is 2.04 bits per heavy atom. The third kappa shape index (κ3) is 4.98. The summed E-state index contributed by atoms with van der Waals surface area (Å²) in [5, 5.41) is 6.23. The lowest BCUT2D eigenvalue weighted by Gasteiger charge is -2.23. The van der Waals surface area contributed by atoms with Gasteiger partial charge in [0.05, 0.1) is 18.0 Å². The Bertz CT molecular complexity index is 896. The number of para-hydroxylation sites is 2. The van der Waals surface area contributed by atoms with Crippen molar-refractivity contribution in [1.29, 1.82) is 0 Å². The molecule has 27 heavy (non-hydrogen) atoms. The molecule has 2 aromatic carbocycles. The number of rotatable bonds is 6. The summed E-state index contributed by atoms with van der Waals surface area (Å²) in [4.78, 5) is 25.1. The molecule has 6 nitrogen and oxygen atoms in total. The van der Waals surface area contributed by atoms with Crippen LogP contribution >= 0.6 is 11.8 Å². The highest BCUT2D eigenvalue weighted by Crippen LogP contribution is 2.36. The number of hydrogen-bond acceptors (Lipinski definition) is 5. The summed E-state index contributed by atoms with van der Waals surface area (Å²) in [5.74, 6) is 0.268. The van der Waals surface area contributed by atoms with E-state index in [1.165, 1.54) is 18.0 Å². The van der Waals surface area contributed by atoms with Crippen molar-refractivity contribution in [2.75, 3.05) is 12.4 Å². The molecule has 0 fully saturated rings. The molecule has 0 aromatic heterocycles. The first-order valence-corrected chi connectivity index (χ1v) is 9.23. The lowest BCUT2D eigenvalue weighted by Crippen LogP contribution is -2.33. The second-order valence-corrected chi connectivity index (χ2v) is 6.95. The molecular weight excluding hydrogens is 362 g/mol. The molecule has 2 N–H and O–H groups in total. The van der Waals surface area contributed by atoms with Crippen LogP contribution in [0.1, 0.15) is 12.0 Å². The van der Waals surface area contributed by atoms with E-state index in [0.717, 1.165) is 21.9 Å². The normalized spacial score (nSPS) is 16.2. The largest absolute Gasteiger partial charge is 0.496 e. The van der Waals surface area contributed by atoms with Gasteiger partial charge in [-0.05, 0) is 30.4 Å². The van der Waals surface area contributed by atoms with Gasteiger partial charge in [-0.1, -0.05) is 30.3 Å². The monoisotopic (exact) mass is 381 g/mol. The quantitative estimate of drug-likeness (QED) is 0.594. The van der Waals surface area contributed by atoms with Crippen molar-refractivity contribution in [3.05, 3.63) is 60.2 Å². The number of carbonyl (C=O) groups excluding carboxylic acids is 2. The first kappa shape index (κ1) is 18.7. The van der Waals surface area contributed by atoms with Crippen LogP contribution in [0.4, 0.5) is 5.69 Å². The average molecular weight is 381 g/mol. The summed E-state index contributed by atoms with van der Waals surface area (Å²) >= 11 is 1.39. The summed E-state index contributed by atoms with van der Waals surface area (Å²) in [5.41, 5.74) is 4.13. The fourth-order valence-corrected chi connectivity index (χ4v) is 3.65. The smallest absolute Gasteiger partial charge is 0.241 e. The Labute approximate surface area is 161 Å². The Hall–Kier alpha value is -3.06. The van der Waals surface area contributed by atoms with Crippen molar-refractivity contribution >= 4 is 41.6 Å². The van der Waals surface area contributed by atoms with Gasteiger partial charge in [0, 0.05) is 23.1 Å². The molecular formula is C20H19N3O3S. The molecule has 1 aliphatic rings. The maximum Gasteiger partial charge on any atom is 0.241 e. The number of ether oxygens (including phenoxy) is 1. The number of hydrazone groups is 1. The van der Waals surface area contributed by atoms with E-state index in [1.54, 1.807) is 13.2 Å². The first-order chi connectivity index (χ1) is 13.2. The van der Waals surface area contributed by atoms with Crippen LogP contribution in [-0.2, 0) is 9.59 Å². The number of fused-ring (bicyclic) bond motifs is 1. The molecule has 1 aliphatic heterocycles. The molecule has 0 unspecified atom stereocenters. The molecule has 0 aliphatic carbocycles. The number of benzene rings is 2. The highest BCUT2D eigenvalue weighted by atomic mass is 32.2. The van der Waals surface area contributed by atoms with E-state index >= 15 is 0 Å². The van der Waals surface area contributed by atoms with Gasteiger partial charge in [-0.3, -0.25) is 9.59 Å². The number of nitrogens with zero attached hydrogens (tertiary/aromatic N) is 1. The Morgan fingerprint density at radius 1 is 1.26 bits per heavy atom. The molecule has 7 heteroatoms.